The summed E-state index contributed by atoms with van der Waals surface area (Å²) in [5.41, 5.74) is 2.47. The summed E-state index contributed by atoms with van der Waals surface area (Å²) in [6.45, 7) is 0.561. The molecule has 0 saturated heterocycles. The number of benzene rings is 2. The van der Waals surface area contributed by atoms with E-state index < -0.39 is 0 Å². The van der Waals surface area contributed by atoms with Gasteiger partial charge in [0.05, 0.1) is 12.2 Å². The Kier molecular flexibility index (Phi) is 3.03. The number of fused-ring (bicyclic) bond motifs is 1. The molecule has 0 aliphatic carbocycles. The second-order valence-electron chi connectivity index (χ2n) is 4.59. The number of rotatable bonds is 1. The first-order chi connectivity index (χ1) is 9.24. The highest BCUT2D eigenvalue weighted by atomic mass is 19.1. The molecule has 0 amide bonds. The van der Waals surface area contributed by atoms with Gasteiger partial charge in [-0.15, -0.1) is 0 Å². The predicted molar refractivity (Wildman–Crippen MR) is 70.9 cm³/mol. The second kappa shape index (κ2) is 4.84. The summed E-state index contributed by atoms with van der Waals surface area (Å²) in [5, 5.41) is 0. The maximum Gasteiger partial charge on any atom is 0.166 e. The lowest BCUT2D eigenvalue weighted by Gasteiger charge is -2.09. The van der Waals surface area contributed by atoms with Gasteiger partial charge in [0.15, 0.2) is 5.78 Å². The Morgan fingerprint density at radius 2 is 1.74 bits per heavy atom. The molecule has 2 nitrogen and oxygen atoms in total. The lowest BCUT2D eigenvalue weighted by molar-refractivity contribution is 0.0983. The molecule has 0 fully saturated rings. The minimum absolute atomic E-state index is 0.123. The molecule has 0 bridgehead atoms. The van der Waals surface area contributed by atoms with Gasteiger partial charge in [-0.2, -0.15) is 0 Å². The summed E-state index contributed by atoms with van der Waals surface area (Å²) in [6.07, 6.45) is 1.28. The number of carbonyl (C=O) groups is 1. The number of ketones is 1. The molecule has 96 valence electrons. The van der Waals surface area contributed by atoms with Gasteiger partial charge in [-0.1, -0.05) is 18.2 Å². The van der Waals surface area contributed by atoms with Gasteiger partial charge in [0.2, 0.25) is 0 Å². The summed E-state index contributed by atoms with van der Waals surface area (Å²) >= 11 is 0. The van der Waals surface area contributed by atoms with Crippen molar-refractivity contribution in [1.82, 2.24) is 0 Å². The van der Waals surface area contributed by atoms with Crippen molar-refractivity contribution in [3.63, 3.8) is 0 Å². The van der Waals surface area contributed by atoms with Gasteiger partial charge in [-0.25, -0.2) is 4.39 Å². The third kappa shape index (κ3) is 2.36. The number of hydrogen-bond acceptors (Lipinski definition) is 2. The van der Waals surface area contributed by atoms with Crippen LogP contribution in [0.15, 0.2) is 42.5 Å². The van der Waals surface area contributed by atoms with Crippen molar-refractivity contribution < 1.29 is 13.9 Å². The standard InChI is InChI=1S/C16H13FO2/c17-13-6-3-11(4-7-13)12-5-8-14-15(18)2-1-9-19-16(14)10-12/h3-8,10H,1-2,9H2. The largest absolute Gasteiger partial charge is 0.493 e. The molecule has 2 aromatic rings. The fourth-order valence-electron chi connectivity index (χ4n) is 2.24. The Morgan fingerprint density at radius 1 is 1.00 bits per heavy atom. The number of halogens is 1. The molecule has 0 spiro atoms. The number of Topliss-reactive ketones (excluding diaryl/α,β-unsaturated/α-hetero) is 1. The van der Waals surface area contributed by atoms with Gasteiger partial charge in [0.25, 0.3) is 0 Å². The Hall–Kier alpha value is -2.16. The molecule has 1 aliphatic rings. The van der Waals surface area contributed by atoms with Crippen molar-refractivity contribution in [2.24, 2.45) is 0 Å². The average Bonchev–Trinajstić information content (AvgIpc) is 2.61. The van der Waals surface area contributed by atoms with Crippen LogP contribution in [0.4, 0.5) is 4.39 Å². The van der Waals surface area contributed by atoms with E-state index >= 15 is 0 Å². The molecule has 0 N–H and O–H groups in total. The normalized spacial score (nSPS) is 14.5. The predicted octanol–water partition coefficient (Wildman–Crippen LogP) is 3.85. The van der Waals surface area contributed by atoms with Gasteiger partial charge >= 0.3 is 0 Å². The van der Waals surface area contributed by atoms with E-state index in [0.29, 0.717) is 24.3 Å². The van der Waals surface area contributed by atoms with Crippen molar-refractivity contribution in [2.45, 2.75) is 12.8 Å². The van der Waals surface area contributed by atoms with Gasteiger partial charge in [0, 0.05) is 6.42 Å². The van der Waals surface area contributed by atoms with Crippen LogP contribution in [0.2, 0.25) is 0 Å². The van der Waals surface area contributed by atoms with Crippen LogP contribution >= 0.6 is 0 Å². The van der Waals surface area contributed by atoms with E-state index in [1.54, 1.807) is 18.2 Å². The van der Waals surface area contributed by atoms with Crippen molar-refractivity contribution in [2.75, 3.05) is 6.61 Å². The lowest BCUT2D eigenvalue weighted by Crippen LogP contribution is -1.97. The van der Waals surface area contributed by atoms with Crippen LogP contribution in [0.1, 0.15) is 23.2 Å². The van der Waals surface area contributed by atoms with Crippen molar-refractivity contribution in [1.29, 1.82) is 0 Å². The summed E-state index contributed by atoms with van der Waals surface area (Å²) in [7, 11) is 0. The zero-order chi connectivity index (χ0) is 13.2. The molecule has 1 heterocycles. The first kappa shape index (κ1) is 11.9. The van der Waals surface area contributed by atoms with E-state index in [1.165, 1.54) is 12.1 Å². The van der Waals surface area contributed by atoms with Crippen LogP contribution in [-0.2, 0) is 0 Å². The molecule has 0 radical (unpaired) electrons. The van der Waals surface area contributed by atoms with Crippen molar-refractivity contribution >= 4 is 5.78 Å². The monoisotopic (exact) mass is 256 g/mol. The lowest BCUT2D eigenvalue weighted by atomic mass is 10.0. The molecule has 0 saturated carbocycles. The van der Waals surface area contributed by atoms with Gasteiger partial charge in [-0.3, -0.25) is 4.79 Å². The Balaban J connectivity index is 2.03. The highest BCUT2D eigenvalue weighted by molar-refractivity contribution is 5.99. The van der Waals surface area contributed by atoms with Crippen LogP contribution in [-0.4, -0.2) is 12.4 Å². The van der Waals surface area contributed by atoms with E-state index in [-0.39, 0.29) is 11.6 Å². The van der Waals surface area contributed by atoms with Gasteiger partial charge < -0.3 is 4.74 Å². The molecule has 3 heteroatoms. The number of hydrogen-bond donors (Lipinski definition) is 0. The fourth-order valence-corrected chi connectivity index (χ4v) is 2.24. The van der Waals surface area contributed by atoms with E-state index in [0.717, 1.165) is 17.5 Å². The average molecular weight is 256 g/mol. The smallest absolute Gasteiger partial charge is 0.166 e. The van der Waals surface area contributed by atoms with Gasteiger partial charge in [0.1, 0.15) is 11.6 Å². The number of carbonyl (C=O) groups excluding carboxylic acids is 1. The molecule has 19 heavy (non-hydrogen) atoms. The minimum atomic E-state index is -0.259. The fraction of sp³-hybridized carbons (Fsp3) is 0.188. The molecule has 0 atom stereocenters. The second-order valence-corrected chi connectivity index (χ2v) is 4.59. The summed E-state index contributed by atoms with van der Waals surface area (Å²) in [6, 6.07) is 11.8. The van der Waals surface area contributed by atoms with Crippen LogP contribution in [0.3, 0.4) is 0 Å². The molecule has 2 aromatic carbocycles. The van der Waals surface area contributed by atoms with Crippen molar-refractivity contribution in [3.05, 3.63) is 53.8 Å². The zero-order valence-corrected chi connectivity index (χ0v) is 10.4. The van der Waals surface area contributed by atoms with Crippen LogP contribution in [0.25, 0.3) is 11.1 Å². The van der Waals surface area contributed by atoms with Crippen LogP contribution < -0.4 is 4.74 Å². The third-order valence-corrected chi connectivity index (χ3v) is 3.27. The summed E-state index contributed by atoms with van der Waals surface area (Å²) in [4.78, 5) is 11.9. The third-order valence-electron chi connectivity index (χ3n) is 3.27. The highest BCUT2D eigenvalue weighted by Gasteiger charge is 2.17. The van der Waals surface area contributed by atoms with E-state index in [4.69, 9.17) is 4.74 Å². The highest BCUT2D eigenvalue weighted by Crippen LogP contribution is 2.30. The Labute approximate surface area is 110 Å². The first-order valence-corrected chi connectivity index (χ1v) is 6.30. The SMILES string of the molecule is O=C1CCCOc2cc(-c3ccc(F)cc3)ccc21. The topological polar surface area (TPSA) is 26.3 Å². The molecular weight excluding hydrogens is 243 g/mol. The summed E-state index contributed by atoms with van der Waals surface area (Å²) in [5.74, 6) is 0.493. The van der Waals surface area contributed by atoms with Gasteiger partial charge in [-0.05, 0) is 41.8 Å². The maximum absolute atomic E-state index is 12.9. The zero-order valence-electron chi connectivity index (χ0n) is 10.4. The molecule has 3 rings (SSSR count). The van der Waals surface area contributed by atoms with E-state index in [9.17, 15) is 9.18 Å². The molecule has 0 aromatic heterocycles. The Bertz CT molecular complexity index is 617. The van der Waals surface area contributed by atoms with Crippen LogP contribution in [0.5, 0.6) is 5.75 Å². The molecular formula is C16H13FO2. The number of ether oxygens (including phenoxy) is 1. The first-order valence-electron chi connectivity index (χ1n) is 6.30. The minimum Gasteiger partial charge on any atom is -0.493 e. The van der Waals surface area contributed by atoms with E-state index in [2.05, 4.69) is 0 Å². The van der Waals surface area contributed by atoms with E-state index in [1.807, 2.05) is 12.1 Å². The molecule has 0 unspecified atom stereocenters. The summed E-state index contributed by atoms with van der Waals surface area (Å²) < 4.78 is 18.5. The Morgan fingerprint density at radius 3 is 2.53 bits per heavy atom. The maximum atomic E-state index is 12.9. The van der Waals surface area contributed by atoms with Crippen molar-refractivity contribution in [3.8, 4) is 16.9 Å². The quantitative estimate of drug-likeness (QED) is 0.774. The van der Waals surface area contributed by atoms with Crippen LogP contribution in [0, 0.1) is 5.82 Å². The molecule has 1 aliphatic heterocycles.